The Balaban J connectivity index is 3.12. The molecule has 1 aromatic rings. The summed E-state index contributed by atoms with van der Waals surface area (Å²) in [5.41, 5.74) is 7.09. The van der Waals surface area contributed by atoms with E-state index in [9.17, 15) is 8.42 Å². The van der Waals surface area contributed by atoms with Gasteiger partial charge in [0.1, 0.15) is 0 Å². The summed E-state index contributed by atoms with van der Waals surface area (Å²) in [7, 11) is -2.08. The zero-order valence-electron chi connectivity index (χ0n) is 13.7. The Kier molecular flexibility index (Phi) is 4.95. The van der Waals surface area contributed by atoms with Crippen LogP contribution in [0.2, 0.25) is 0 Å². The van der Waals surface area contributed by atoms with E-state index in [2.05, 4.69) is 44.7 Å². The SMILES string of the molecule is CNS(=O)(=O)c1ccc(N)c(NC(C)(C)CC(C)(C)C)c1. The molecule has 6 heteroatoms. The molecule has 0 fully saturated rings. The van der Waals surface area contributed by atoms with E-state index >= 15 is 0 Å². The van der Waals surface area contributed by atoms with Gasteiger partial charge in [-0.25, -0.2) is 13.1 Å². The van der Waals surface area contributed by atoms with Crippen LogP contribution in [0.3, 0.4) is 0 Å². The maximum absolute atomic E-state index is 11.9. The molecule has 0 unspecified atom stereocenters. The minimum atomic E-state index is -3.47. The quantitative estimate of drug-likeness (QED) is 0.730. The van der Waals surface area contributed by atoms with Gasteiger partial charge in [0.2, 0.25) is 10.0 Å². The van der Waals surface area contributed by atoms with Crippen molar-refractivity contribution in [3.05, 3.63) is 18.2 Å². The summed E-state index contributed by atoms with van der Waals surface area (Å²) in [6.45, 7) is 10.7. The second-order valence-corrected chi connectivity index (χ2v) is 9.09. The molecule has 0 heterocycles. The lowest BCUT2D eigenvalue weighted by Crippen LogP contribution is -2.35. The van der Waals surface area contributed by atoms with Gasteiger partial charge < -0.3 is 11.1 Å². The summed E-state index contributed by atoms with van der Waals surface area (Å²) < 4.78 is 26.1. The van der Waals surface area contributed by atoms with E-state index < -0.39 is 10.0 Å². The van der Waals surface area contributed by atoms with E-state index in [0.717, 1.165) is 6.42 Å². The predicted octanol–water partition coefficient (Wildman–Crippen LogP) is 2.80. The number of benzene rings is 1. The maximum atomic E-state index is 11.9. The van der Waals surface area contributed by atoms with Gasteiger partial charge >= 0.3 is 0 Å². The van der Waals surface area contributed by atoms with Crippen molar-refractivity contribution in [3.8, 4) is 0 Å². The summed E-state index contributed by atoms with van der Waals surface area (Å²) in [6, 6.07) is 4.69. The lowest BCUT2D eigenvalue weighted by atomic mass is 9.81. The van der Waals surface area contributed by atoms with E-state index in [0.29, 0.717) is 11.4 Å². The molecule has 0 aromatic heterocycles. The fourth-order valence-corrected chi connectivity index (χ4v) is 3.42. The fraction of sp³-hybridized carbons (Fsp3) is 0.600. The van der Waals surface area contributed by atoms with Crippen LogP contribution in [-0.2, 0) is 10.0 Å². The Morgan fingerprint density at radius 3 is 2.19 bits per heavy atom. The van der Waals surface area contributed by atoms with E-state index in [-0.39, 0.29) is 15.8 Å². The standard InChI is InChI=1S/C15H27N3O2S/c1-14(2,3)10-15(4,5)18-13-9-11(7-8-12(13)16)21(19,20)17-6/h7-9,17-18H,10,16H2,1-6H3. The van der Waals surface area contributed by atoms with E-state index in [4.69, 9.17) is 5.73 Å². The highest BCUT2D eigenvalue weighted by Gasteiger charge is 2.26. The van der Waals surface area contributed by atoms with Gasteiger partial charge in [0.15, 0.2) is 0 Å². The third kappa shape index (κ3) is 5.21. The van der Waals surface area contributed by atoms with Crippen molar-refractivity contribution in [2.75, 3.05) is 18.1 Å². The number of sulfonamides is 1. The number of anilines is 2. The van der Waals surface area contributed by atoms with E-state index in [1.54, 1.807) is 12.1 Å². The summed E-state index contributed by atoms with van der Waals surface area (Å²) >= 11 is 0. The molecular formula is C15H27N3O2S. The first-order valence-electron chi connectivity index (χ1n) is 6.98. The Hall–Kier alpha value is -1.27. The molecule has 4 N–H and O–H groups in total. The minimum Gasteiger partial charge on any atom is -0.397 e. The molecule has 120 valence electrons. The van der Waals surface area contributed by atoms with Gasteiger partial charge in [0.05, 0.1) is 16.3 Å². The molecule has 0 radical (unpaired) electrons. The molecule has 0 bridgehead atoms. The first-order chi connectivity index (χ1) is 9.36. The Labute approximate surface area is 128 Å². The number of rotatable bonds is 5. The molecule has 21 heavy (non-hydrogen) atoms. The fourth-order valence-electron chi connectivity index (χ4n) is 2.66. The molecule has 5 nitrogen and oxygen atoms in total. The monoisotopic (exact) mass is 313 g/mol. The van der Waals surface area contributed by atoms with Crippen LogP contribution in [-0.4, -0.2) is 21.0 Å². The highest BCUT2D eigenvalue weighted by atomic mass is 32.2. The Bertz CT molecular complexity index is 602. The van der Waals surface area contributed by atoms with Crippen LogP contribution < -0.4 is 15.8 Å². The lowest BCUT2D eigenvalue weighted by molar-refractivity contribution is 0.302. The van der Waals surface area contributed by atoms with Gasteiger partial charge in [-0.05, 0) is 50.9 Å². The average molecular weight is 313 g/mol. The summed E-state index contributed by atoms with van der Waals surface area (Å²) in [5.74, 6) is 0. The molecule has 0 aliphatic rings. The van der Waals surface area contributed by atoms with Gasteiger partial charge in [0, 0.05) is 5.54 Å². The van der Waals surface area contributed by atoms with Crippen LogP contribution in [0.5, 0.6) is 0 Å². The van der Waals surface area contributed by atoms with Crippen LogP contribution in [0.25, 0.3) is 0 Å². The lowest BCUT2D eigenvalue weighted by Gasteiger charge is -2.34. The second kappa shape index (κ2) is 5.85. The number of hydrogen-bond donors (Lipinski definition) is 3. The molecule has 0 amide bonds. The van der Waals surface area contributed by atoms with Gasteiger partial charge in [0.25, 0.3) is 0 Å². The van der Waals surface area contributed by atoms with Crippen molar-refractivity contribution in [1.82, 2.24) is 4.72 Å². The van der Waals surface area contributed by atoms with Gasteiger partial charge in [-0.3, -0.25) is 0 Å². The second-order valence-electron chi connectivity index (χ2n) is 7.20. The largest absolute Gasteiger partial charge is 0.397 e. The summed E-state index contributed by atoms with van der Waals surface area (Å²) in [6.07, 6.45) is 0.919. The molecule has 0 spiro atoms. The van der Waals surface area contributed by atoms with Crippen LogP contribution in [0.1, 0.15) is 41.0 Å². The zero-order chi connectivity index (χ0) is 16.5. The van der Waals surface area contributed by atoms with Crippen LogP contribution in [0, 0.1) is 5.41 Å². The maximum Gasteiger partial charge on any atom is 0.240 e. The molecule has 1 aromatic carbocycles. The summed E-state index contributed by atoms with van der Waals surface area (Å²) in [5, 5.41) is 3.36. The van der Waals surface area contributed by atoms with Crippen LogP contribution in [0.15, 0.2) is 23.1 Å². The van der Waals surface area contributed by atoms with Crippen molar-refractivity contribution in [3.63, 3.8) is 0 Å². The Morgan fingerprint density at radius 2 is 1.71 bits per heavy atom. The van der Waals surface area contributed by atoms with Gasteiger partial charge in [-0.1, -0.05) is 20.8 Å². The molecule has 0 atom stereocenters. The Morgan fingerprint density at radius 1 is 1.14 bits per heavy atom. The average Bonchev–Trinajstić information content (AvgIpc) is 2.28. The van der Waals surface area contributed by atoms with Crippen molar-refractivity contribution in [1.29, 1.82) is 0 Å². The topological polar surface area (TPSA) is 84.2 Å². The highest BCUT2D eigenvalue weighted by Crippen LogP contribution is 2.32. The molecule has 0 aliphatic carbocycles. The van der Waals surface area contributed by atoms with E-state index in [1.165, 1.54) is 13.1 Å². The smallest absolute Gasteiger partial charge is 0.240 e. The minimum absolute atomic E-state index is 0.153. The highest BCUT2D eigenvalue weighted by molar-refractivity contribution is 7.89. The van der Waals surface area contributed by atoms with Crippen LogP contribution in [0.4, 0.5) is 11.4 Å². The van der Waals surface area contributed by atoms with Gasteiger partial charge in [-0.2, -0.15) is 0 Å². The first kappa shape index (κ1) is 17.8. The number of hydrogen-bond acceptors (Lipinski definition) is 4. The van der Waals surface area contributed by atoms with Crippen molar-refractivity contribution < 1.29 is 8.42 Å². The third-order valence-corrected chi connectivity index (χ3v) is 4.46. The van der Waals surface area contributed by atoms with E-state index in [1.807, 2.05) is 0 Å². The van der Waals surface area contributed by atoms with Crippen LogP contribution >= 0.6 is 0 Å². The molecule has 0 aliphatic heterocycles. The van der Waals surface area contributed by atoms with Gasteiger partial charge in [-0.15, -0.1) is 0 Å². The normalized spacial score (nSPS) is 13.2. The van der Waals surface area contributed by atoms with Crippen molar-refractivity contribution in [2.45, 2.75) is 51.5 Å². The third-order valence-electron chi connectivity index (χ3n) is 3.05. The molecule has 1 rings (SSSR count). The van der Waals surface area contributed by atoms with Crippen molar-refractivity contribution >= 4 is 21.4 Å². The number of nitrogen functional groups attached to an aromatic ring is 1. The molecule has 0 saturated carbocycles. The number of nitrogens with one attached hydrogen (secondary N) is 2. The number of nitrogens with two attached hydrogens (primary N) is 1. The zero-order valence-corrected chi connectivity index (χ0v) is 14.6. The molecular weight excluding hydrogens is 286 g/mol. The first-order valence-corrected chi connectivity index (χ1v) is 8.46. The molecule has 0 saturated heterocycles. The summed E-state index contributed by atoms with van der Waals surface area (Å²) in [4.78, 5) is 0.202. The predicted molar refractivity (Wildman–Crippen MR) is 88.9 cm³/mol. The van der Waals surface area contributed by atoms with Crippen molar-refractivity contribution in [2.24, 2.45) is 5.41 Å².